The Morgan fingerprint density at radius 3 is 2.67 bits per heavy atom. The Kier molecular flexibility index (Phi) is 7.05. The van der Waals surface area contributed by atoms with E-state index in [-0.39, 0.29) is 36.3 Å². The van der Waals surface area contributed by atoms with Crippen LogP contribution in [0.5, 0.6) is 0 Å². The molecule has 0 aliphatic carbocycles. The summed E-state index contributed by atoms with van der Waals surface area (Å²) in [5.74, 6) is 0.571. The fourth-order valence-corrected chi connectivity index (χ4v) is 5.45. The molecule has 170 valence electrons. The van der Waals surface area contributed by atoms with E-state index in [1.54, 1.807) is 18.7 Å². The zero-order valence-corrected chi connectivity index (χ0v) is 19.6. The fourth-order valence-electron chi connectivity index (χ4n) is 3.51. The van der Waals surface area contributed by atoms with Gasteiger partial charge in [-0.15, -0.1) is 0 Å². The van der Waals surface area contributed by atoms with Crippen molar-refractivity contribution < 1.29 is 4.79 Å². The van der Waals surface area contributed by atoms with Crippen molar-refractivity contribution in [3.63, 3.8) is 0 Å². The number of aromatic nitrogens is 2. The number of aliphatic imine (C=N–C) groups is 1. The molecule has 2 heterocycles. The summed E-state index contributed by atoms with van der Waals surface area (Å²) in [4.78, 5) is 46.4. The number of carbonyl (C=O) groups excluding carboxylic acids is 1. The molecule has 0 bridgehead atoms. The Hall–Kier alpha value is -3.24. The molecule has 10 heteroatoms. The SMILES string of the molecule is CCN(C(=O)CSC1=Nc2ccccc2CS1)c1c(N)n(Cc2ccccc2)c(=O)[nH]c1=O. The number of carbonyl (C=O) groups is 1. The van der Waals surface area contributed by atoms with Crippen LogP contribution in [0.25, 0.3) is 0 Å². The van der Waals surface area contributed by atoms with E-state index in [0.717, 1.165) is 26.9 Å². The summed E-state index contributed by atoms with van der Waals surface area (Å²) in [6, 6.07) is 17.2. The summed E-state index contributed by atoms with van der Waals surface area (Å²) >= 11 is 2.91. The van der Waals surface area contributed by atoms with Crippen LogP contribution in [0.4, 0.5) is 17.2 Å². The molecule has 8 nitrogen and oxygen atoms in total. The van der Waals surface area contributed by atoms with Gasteiger partial charge in [0.15, 0.2) is 5.69 Å². The molecule has 3 N–H and O–H groups in total. The maximum atomic E-state index is 13.1. The highest BCUT2D eigenvalue weighted by Crippen LogP contribution is 2.34. The van der Waals surface area contributed by atoms with Crippen molar-refractivity contribution in [1.29, 1.82) is 0 Å². The number of thioether (sulfide) groups is 2. The third-order valence-electron chi connectivity index (χ3n) is 5.16. The lowest BCUT2D eigenvalue weighted by atomic mass is 10.2. The first kappa shape index (κ1) is 22.9. The smallest absolute Gasteiger partial charge is 0.330 e. The van der Waals surface area contributed by atoms with Gasteiger partial charge in [-0.1, -0.05) is 72.1 Å². The molecule has 0 atom stereocenters. The Morgan fingerprint density at radius 2 is 1.91 bits per heavy atom. The van der Waals surface area contributed by atoms with Crippen LogP contribution in [-0.4, -0.2) is 32.1 Å². The van der Waals surface area contributed by atoms with E-state index in [0.29, 0.717) is 0 Å². The monoisotopic (exact) mass is 481 g/mol. The van der Waals surface area contributed by atoms with Crippen LogP contribution >= 0.6 is 23.5 Å². The molecule has 0 unspecified atom stereocenters. The van der Waals surface area contributed by atoms with Crippen LogP contribution < -0.4 is 21.9 Å². The first-order chi connectivity index (χ1) is 16.0. The van der Waals surface area contributed by atoms with Gasteiger partial charge < -0.3 is 10.6 Å². The molecule has 1 aliphatic heterocycles. The van der Waals surface area contributed by atoms with Crippen molar-refractivity contribution >= 4 is 51.0 Å². The van der Waals surface area contributed by atoms with E-state index in [9.17, 15) is 14.4 Å². The average molecular weight is 482 g/mol. The van der Waals surface area contributed by atoms with Crippen LogP contribution in [-0.2, 0) is 17.1 Å². The number of amides is 1. The van der Waals surface area contributed by atoms with Crippen LogP contribution in [0.2, 0.25) is 0 Å². The van der Waals surface area contributed by atoms with Gasteiger partial charge >= 0.3 is 5.69 Å². The Labute approximate surface area is 198 Å². The number of anilines is 2. The minimum atomic E-state index is -0.680. The molecular formula is C23H23N5O3S2. The van der Waals surface area contributed by atoms with Crippen LogP contribution in [0.3, 0.4) is 0 Å². The lowest BCUT2D eigenvalue weighted by molar-refractivity contribution is -0.116. The van der Waals surface area contributed by atoms with Crippen molar-refractivity contribution in [2.75, 3.05) is 22.9 Å². The normalized spacial score (nSPS) is 12.7. The minimum Gasteiger partial charge on any atom is -0.383 e. The molecule has 1 aromatic heterocycles. The van der Waals surface area contributed by atoms with Gasteiger partial charge in [-0.3, -0.25) is 19.1 Å². The van der Waals surface area contributed by atoms with Crippen molar-refractivity contribution in [3.8, 4) is 0 Å². The first-order valence-corrected chi connectivity index (χ1v) is 12.3. The number of nitrogen functional groups attached to an aromatic ring is 1. The van der Waals surface area contributed by atoms with E-state index in [1.165, 1.54) is 21.2 Å². The van der Waals surface area contributed by atoms with Gasteiger partial charge in [-0.05, 0) is 24.1 Å². The van der Waals surface area contributed by atoms with Gasteiger partial charge in [0.05, 0.1) is 18.0 Å². The molecule has 3 aromatic rings. The van der Waals surface area contributed by atoms with E-state index < -0.39 is 11.2 Å². The molecule has 0 radical (unpaired) electrons. The molecule has 1 amide bonds. The van der Waals surface area contributed by atoms with Crippen LogP contribution in [0, 0.1) is 0 Å². The summed E-state index contributed by atoms with van der Waals surface area (Å²) in [7, 11) is 0. The molecular weight excluding hydrogens is 458 g/mol. The van der Waals surface area contributed by atoms with Crippen LogP contribution in [0.15, 0.2) is 69.2 Å². The second-order valence-corrected chi connectivity index (χ2v) is 9.47. The number of para-hydroxylation sites is 1. The average Bonchev–Trinajstić information content (AvgIpc) is 2.83. The number of rotatable bonds is 6. The summed E-state index contributed by atoms with van der Waals surface area (Å²) in [6.45, 7) is 2.18. The van der Waals surface area contributed by atoms with Crippen molar-refractivity contribution in [1.82, 2.24) is 9.55 Å². The Balaban J connectivity index is 1.56. The summed E-state index contributed by atoms with van der Waals surface area (Å²) < 4.78 is 2.07. The fraction of sp³-hybridized carbons (Fsp3) is 0.217. The van der Waals surface area contributed by atoms with E-state index >= 15 is 0 Å². The second-order valence-electron chi connectivity index (χ2n) is 7.29. The van der Waals surface area contributed by atoms with Crippen molar-refractivity contribution in [2.45, 2.75) is 19.2 Å². The topological polar surface area (TPSA) is 114 Å². The Morgan fingerprint density at radius 1 is 1.18 bits per heavy atom. The third-order valence-corrected chi connectivity index (χ3v) is 7.39. The van der Waals surface area contributed by atoms with Gasteiger partial charge in [-0.2, -0.15) is 0 Å². The molecule has 33 heavy (non-hydrogen) atoms. The van der Waals surface area contributed by atoms with Crippen molar-refractivity contribution in [3.05, 3.63) is 86.6 Å². The van der Waals surface area contributed by atoms with E-state index in [1.807, 2.05) is 54.6 Å². The summed E-state index contributed by atoms with van der Waals surface area (Å²) in [5, 5.41) is 0. The number of H-pyrrole nitrogens is 1. The highest BCUT2D eigenvalue weighted by Gasteiger charge is 2.24. The lowest BCUT2D eigenvalue weighted by Gasteiger charge is -2.23. The Bertz CT molecular complexity index is 1320. The molecule has 0 fully saturated rings. The zero-order chi connectivity index (χ0) is 23.4. The van der Waals surface area contributed by atoms with Gasteiger partial charge in [0.25, 0.3) is 5.56 Å². The number of benzene rings is 2. The maximum Gasteiger partial charge on any atom is 0.330 e. The number of aromatic amines is 1. The number of hydrogen-bond donors (Lipinski definition) is 2. The molecule has 0 spiro atoms. The summed E-state index contributed by atoms with van der Waals surface area (Å²) in [5.41, 5.74) is 7.86. The highest BCUT2D eigenvalue weighted by molar-refractivity contribution is 8.38. The van der Waals surface area contributed by atoms with Gasteiger partial charge in [0.1, 0.15) is 10.2 Å². The highest BCUT2D eigenvalue weighted by atomic mass is 32.2. The number of hydrogen-bond acceptors (Lipinski definition) is 7. The predicted molar refractivity (Wildman–Crippen MR) is 137 cm³/mol. The quantitative estimate of drug-likeness (QED) is 0.559. The van der Waals surface area contributed by atoms with E-state index in [2.05, 4.69) is 9.98 Å². The number of nitrogens with zero attached hydrogens (tertiary/aromatic N) is 3. The largest absolute Gasteiger partial charge is 0.383 e. The number of fused-ring (bicyclic) bond motifs is 1. The standard InChI is InChI=1S/C23H23N5O3S2/c1-2-27(18(29)14-33-23-25-17-11-7-6-10-16(17)13-32-23)19-20(24)28(22(31)26-21(19)30)12-15-8-4-3-5-9-15/h3-11H,2,12-14,24H2,1H3,(H,26,30,31). The summed E-state index contributed by atoms with van der Waals surface area (Å²) in [6.07, 6.45) is 0. The minimum absolute atomic E-state index is 0.0118. The molecule has 2 aromatic carbocycles. The third kappa shape index (κ3) is 5.07. The lowest BCUT2D eigenvalue weighted by Crippen LogP contribution is -2.42. The second kappa shape index (κ2) is 10.1. The molecule has 0 saturated carbocycles. The van der Waals surface area contributed by atoms with Gasteiger partial charge in [-0.25, -0.2) is 9.79 Å². The molecule has 4 rings (SSSR count). The predicted octanol–water partition coefficient (Wildman–Crippen LogP) is 3.19. The number of nitrogens with two attached hydrogens (primary N) is 1. The first-order valence-electron chi connectivity index (χ1n) is 10.4. The molecule has 1 aliphatic rings. The maximum absolute atomic E-state index is 13.1. The van der Waals surface area contributed by atoms with Crippen molar-refractivity contribution in [2.24, 2.45) is 4.99 Å². The number of nitrogens with one attached hydrogen (secondary N) is 1. The zero-order valence-electron chi connectivity index (χ0n) is 18.0. The van der Waals surface area contributed by atoms with Crippen LogP contribution in [0.1, 0.15) is 18.1 Å². The van der Waals surface area contributed by atoms with Gasteiger partial charge in [0, 0.05) is 12.3 Å². The molecule has 0 saturated heterocycles. The van der Waals surface area contributed by atoms with Gasteiger partial charge in [0.2, 0.25) is 5.91 Å². The van der Waals surface area contributed by atoms with E-state index in [4.69, 9.17) is 5.73 Å².